The molecule has 90 valence electrons. The van der Waals surface area contributed by atoms with Gasteiger partial charge in [0.1, 0.15) is 0 Å². The van der Waals surface area contributed by atoms with Gasteiger partial charge in [-0.15, -0.1) is 0 Å². The molecular weight excluding hydrogens is 186 g/mol. The lowest BCUT2D eigenvalue weighted by molar-refractivity contribution is -0.0778. The third kappa shape index (κ3) is 4.52. The Labute approximate surface area is 94.8 Å². The van der Waals surface area contributed by atoms with Gasteiger partial charge in [-0.05, 0) is 39.2 Å². The molecule has 0 spiro atoms. The van der Waals surface area contributed by atoms with Gasteiger partial charge in [0.05, 0.1) is 5.60 Å². The first-order chi connectivity index (χ1) is 7.20. The molecule has 2 atom stereocenters. The lowest BCUT2D eigenvalue weighted by atomic mass is 9.90. The van der Waals surface area contributed by atoms with Crippen molar-refractivity contribution in [2.75, 3.05) is 13.2 Å². The maximum Gasteiger partial charge on any atom is 0.0666 e. The highest BCUT2D eigenvalue weighted by atomic mass is 16.5. The number of hydrogen-bond acceptors (Lipinski definition) is 2. The molecule has 2 nitrogen and oxygen atoms in total. The van der Waals surface area contributed by atoms with Crippen molar-refractivity contribution in [3.63, 3.8) is 0 Å². The van der Waals surface area contributed by atoms with E-state index in [4.69, 9.17) is 4.74 Å². The zero-order valence-electron chi connectivity index (χ0n) is 10.6. The quantitative estimate of drug-likeness (QED) is 0.685. The van der Waals surface area contributed by atoms with Gasteiger partial charge in [-0.25, -0.2) is 0 Å². The third-order valence-electron chi connectivity index (χ3n) is 3.56. The van der Waals surface area contributed by atoms with E-state index >= 15 is 0 Å². The maximum absolute atomic E-state index is 5.83. The van der Waals surface area contributed by atoms with E-state index in [0.29, 0.717) is 6.04 Å². The van der Waals surface area contributed by atoms with Gasteiger partial charge in [0, 0.05) is 12.6 Å². The first kappa shape index (κ1) is 13.0. The SMILES string of the molecule is CCCCCNC1CCOC(C)(CC)C1. The molecule has 2 unspecified atom stereocenters. The molecule has 0 radical (unpaired) electrons. The lowest BCUT2D eigenvalue weighted by Gasteiger charge is -2.38. The zero-order valence-corrected chi connectivity index (χ0v) is 10.6. The molecule has 0 aromatic heterocycles. The molecule has 0 saturated carbocycles. The van der Waals surface area contributed by atoms with Crippen molar-refractivity contribution in [2.24, 2.45) is 0 Å². The van der Waals surface area contributed by atoms with Gasteiger partial charge < -0.3 is 10.1 Å². The number of unbranched alkanes of at least 4 members (excludes halogenated alkanes) is 2. The standard InChI is InChI=1S/C13H27NO/c1-4-6-7-9-14-12-8-10-15-13(3,5-2)11-12/h12,14H,4-11H2,1-3H3. The van der Waals surface area contributed by atoms with Crippen LogP contribution in [0.2, 0.25) is 0 Å². The predicted molar refractivity (Wildman–Crippen MR) is 65.2 cm³/mol. The number of hydrogen-bond donors (Lipinski definition) is 1. The molecule has 1 saturated heterocycles. The van der Waals surface area contributed by atoms with Crippen LogP contribution in [0.25, 0.3) is 0 Å². The van der Waals surface area contributed by atoms with Crippen molar-refractivity contribution in [3.8, 4) is 0 Å². The van der Waals surface area contributed by atoms with Gasteiger partial charge in [0.25, 0.3) is 0 Å². The highest BCUT2D eigenvalue weighted by molar-refractivity contribution is 4.85. The van der Waals surface area contributed by atoms with Crippen LogP contribution >= 0.6 is 0 Å². The monoisotopic (exact) mass is 213 g/mol. The Hall–Kier alpha value is -0.0800. The van der Waals surface area contributed by atoms with E-state index in [9.17, 15) is 0 Å². The van der Waals surface area contributed by atoms with Gasteiger partial charge in [0.15, 0.2) is 0 Å². The van der Waals surface area contributed by atoms with Crippen LogP contribution in [0.3, 0.4) is 0 Å². The number of nitrogens with one attached hydrogen (secondary N) is 1. The molecule has 0 bridgehead atoms. The van der Waals surface area contributed by atoms with Crippen LogP contribution < -0.4 is 5.32 Å². The summed E-state index contributed by atoms with van der Waals surface area (Å²) < 4.78 is 5.83. The minimum absolute atomic E-state index is 0.126. The molecule has 1 fully saturated rings. The molecule has 1 aliphatic heterocycles. The Morgan fingerprint density at radius 3 is 2.80 bits per heavy atom. The summed E-state index contributed by atoms with van der Waals surface area (Å²) in [5.41, 5.74) is 0.126. The van der Waals surface area contributed by atoms with Crippen LogP contribution in [-0.4, -0.2) is 24.8 Å². The summed E-state index contributed by atoms with van der Waals surface area (Å²) in [6, 6.07) is 0.681. The normalized spacial score (nSPS) is 31.8. The van der Waals surface area contributed by atoms with E-state index in [1.165, 1.54) is 38.6 Å². The van der Waals surface area contributed by atoms with E-state index in [0.717, 1.165) is 13.0 Å². The summed E-state index contributed by atoms with van der Waals surface area (Å²) in [5.74, 6) is 0. The molecule has 0 amide bonds. The minimum atomic E-state index is 0.126. The average Bonchev–Trinajstić information content (AvgIpc) is 2.25. The highest BCUT2D eigenvalue weighted by Crippen LogP contribution is 2.27. The van der Waals surface area contributed by atoms with E-state index in [-0.39, 0.29) is 5.60 Å². The molecule has 1 aliphatic rings. The molecule has 0 aromatic carbocycles. The van der Waals surface area contributed by atoms with Crippen molar-refractivity contribution in [3.05, 3.63) is 0 Å². The van der Waals surface area contributed by atoms with Crippen LogP contribution in [0.5, 0.6) is 0 Å². The second-order valence-corrected chi connectivity index (χ2v) is 5.00. The van der Waals surface area contributed by atoms with Crippen LogP contribution in [0.4, 0.5) is 0 Å². The molecule has 1 heterocycles. The maximum atomic E-state index is 5.83. The Balaban J connectivity index is 2.18. The molecule has 2 heteroatoms. The fourth-order valence-corrected chi connectivity index (χ4v) is 2.23. The van der Waals surface area contributed by atoms with Crippen molar-refractivity contribution >= 4 is 0 Å². The van der Waals surface area contributed by atoms with Gasteiger partial charge >= 0.3 is 0 Å². The molecule has 15 heavy (non-hydrogen) atoms. The largest absolute Gasteiger partial charge is 0.375 e. The lowest BCUT2D eigenvalue weighted by Crippen LogP contribution is -2.45. The third-order valence-corrected chi connectivity index (χ3v) is 3.56. The van der Waals surface area contributed by atoms with Crippen LogP contribution in [0.1, 0.15) is 59.3 Å². The Morgan fingerprint density at radius 1 is 1.33 bits per heavy atom. The fraction of sp³-hybridized carbons (Fsp3) is 1.00. The zero-order chi connectivity index (χ0) is 11.1. The van der Waals surface area contributed by atoms with E-state index in [1.807, 2.05) is 0 Å². The summed E-state index contributed by atoms with van der Waals surface area (Å²) in [4.78, 5) is 0. The van der Waals surface area contributed by atoms with Crippen molar-refractivity contribution in [1.29, 1.82) is 0 Å². The summed E-state index contributed by atoms with van der Waals surface area (Å²) in [6.45, 7) is 8.82. The van der Waals surface area contributed by atoms with Crippen molar-refractivity contribution in [1.82, 2.24) is 5.32 Å². The molecule has 0 aromatic rings. The smallest absolute Gasteiger partial charge is 0.0666 e. The number of ether oxygens (including phenoxy) is 1. The second-order valence-electron chi connectivity index (χ2n) is 5.00. The van der Waals surface area contributed by atoms with E-state index < -0.39 is 0 Å². The highest BCUT2D eigenvalue weighted by Gasteiger charge is 2.30. The predicted octanol–water partition coefficient (Wildman–Crippen LogP) is 3.11. The van der Waals surface area contributed by atoms with E-state index in [1.54, 1.807) is 0 Å². The first-order valence-electron chi connectivity index (χ1n) is 6.57. The molecular formula is C13H27NO. The fourth-order valence-electron chi connectivity index (χ4n) is 2.23. The first-order valence-corrected chi connectivity index (χ1v) is 6.57. The molecule has 1 rings (SSSR count). The molecule has 1 N–H and O–H groups in total. The van der Waals surface area contributed by atoms with Gasteiger partial charge in [0.2, 0.25) is 0 Å². The Kier molecular flexibility index (Phi) is 5.62. The van der Waals surface area contributed by atoms with E-state index in [2.05, 4.69) is 26.1 Å². The van der Waals surface area contributed by atoms with Crippen molar-refractivity contribution in [2.45, 2.75) is 70.9 Å². The van der Waals surface area contributed by atoms with Crippen LogP contribution in [0, 0.1) is 0 Å². The topological polar surface area (TPSA) is 21.3 Å². The second kappa shape index (κ2) is 6.49. The van der Waals surface area contributed by atoms with Crippen LogP contribution in [0.15, 0.2) is 0 Å². The van der Waals surface area contributed by atoms with Gasteiger partial charge in [-0.2, -0.15) is 0 Å². The molecule has 0 aliphatic carbocycles. The summed E-state index contributed by atoms with van der Waals surface area (Å²) in [7, 11) is 0. The van der Waals surface area contributed by atoms with Crippen LogP contribution in [-0.2, 0) is 4.74 Å². The number of rotatable bonds is 6. The summed E-state index contributed by atoms with van der Waals surface area (Å²) >= 11 is 0. The van der Waals surface area contributed by atoms with Crippen molar-refractivity contribution < 1.29 is 4.74 Å². The summed E-state index contributed by atoms with van der Waals surface area (Å²) in [6.07, 6.45) is 7.46. The summed E-state index contributed by atoms with van der Waals surface area (Å²) in [5, 5.41) is 3.67. The minimum Gasteiger partial charge on any atom is -0.375 e. The average molecular weight is 213 g/mol. The Bertz CT molecular complexity index is 172. The van der Waals surface area contributed by atoms with Gasteiger partial charge in [-0.1, -0.05) is 26.7 Å². The van der Waals surface area contributed by atoms with Gasteiger partial charge in [-0.3, -0.25) is 0 Å². The Morgan fingerprint density at radius 2 is 2.13 bits per heavy atom.